The fourth-order valence-corrected chi connectivity index (χ4v) is 1.18. The molecule has 0 aliphatic heterocycles. The van der Waals surface area contributed by atoms with E-state index in [0.717, 1.165) is 5.75 Å². The van der Waals surface area contributed by atoms with Gasteiger partial charge in [0.1, 0.15) is 11.9 Å². The number of nitrogens with two attached hydrogens (primary N) is 1. The lowest BCUT2D eigenvalue weighted by molar-refractivity contribution is 0.110. The van der Waals surface area contributed by atoms with E-state index in [-0.39, 0.29) is 12.7 Å². The zero-order valence-corrected chi connectivity index (χ0v) is 8.44. The topological polar surface area (TPSA) is 55.5 Å². The molecule has 0 radical (unpaired) electrons. The molecule has 0 spiro atoms. The average Bonchev–Trinajstić information content (AvgIpc) is 2.20. The van der Waals surface area contributed by atoms with Gasteiger partial charge in [0.25, 0.3) is 0 Å². The smallest absolute Gasteiger partial charge is 0.123 e. The van der Waals surface area contributed by atoms with Crippen molar-refractivity contribution < 1.29 is 9.84 Å². The molecule has 1 aromatic carbocycles. The summed E-state index contributed by atoms with van der Waals surface area (Å²) in [5.74, 6) is 0.781. The quantitative estimate of drug-likeness (QED) is 0.739. The summed E-state index contributed by atoms with van der Waals surface area (Å²) in [7, 11) is 0. The maximum Gasteiger partial charge on any atom is 0.123 e. The highest BCUT2D eigenvalue weighted by molar-refractivity contribution is 5.26. The Morgan fingerprint density at radius 1 is 1.36 bits per heavy atom. The number of aryl methyl sites for hydroxylation is 1. The van der Waals surface area contributed by atoms with Crippen LogP contribution < -0.4 is 10.5 Å². The zero-order valence-electron chi connectivity index (χ0n) is 8.44. The predicted octanol–water partition coefficient (Wildman–Crippen LogP) is 1.08. The van der Waals surface area contributed by atoms with Gasteiger partial charge in [-0.1, -0.05) is 17.7 Å². The van der Waals surface area contributed by atoms with Gasteiger partial charge in [0.2, 0.25) is 0 Å². The molecule has 3 N–H and O–H groups in total. The number of rotatable bonds is 5. The van der Waals surface area contributed by atoms with Crippen LogP contribution in [0.4, 0.5) is 0 Å². The summed E-state index contributed by atoms with van der Waals surface area (Å²) in [6, 6.07) is 7.75. The maximum absolute atomic E-state index is 8.99. The summed E-state index contributed by atoms with van der Waals surface area (Å²) < 4.78 is 5.53. The minimum Gasteiger partial charge on any atom is -0.488 e. The Morgan fingerprint density at radius 2 is 2.00 bits per heavy atom. The van der Waals surface area contributed by atoms with Crippen molar-refractivity contribution in [3.63, 3.8) is 0 Å². The Morgan fingerprint density at radius 3 is 2.50 bits per heavy atom. The highest BCUT2D eigenvalue weighted by Gasteiger charge is 2.07. The Labute approximate surface area is 84.5 Å². The van der Waals surface area contributed by atoms with Crippen LogP contribution in [0.3, 0.4) is 0 Å². The first kappa shape index (κ1) is 11.0. The number of benzene rings is 1. The molecule has 0 saturated carbocycles. The van der Waals surface area contributed by atoms with Crippen LogP contribution in [0.2, 0.25) is 0 Å². The SMILES string of the molecule is Cc1ccc(OC(CO)CCN)cc1. The van der Waals surface area contributed by atoms with E-state index >= 15 is 0 Å². The Bertz CT molecular complexity index is 258. The highest BCUT2D eigenvalue weighted by Crippen LogP contribution is 2.14. The van der Waals surface area contributed by atoms with Crippen molar-refractivity contribution in [3.8, 4) is 5.75 Å². The highest BCUT2D eigenvalue weighted by atomic mass is 16.5. The first-order valence-electron chi connectivity index (χ1n) is 4.80. The van der Waals surface area contributed by atoms with Crippen molar-refractivity contribution in [2.75, 3.05) is 13.2 Å². The van der Waals surface area contributed by atoms with Gasteiger partial charge in [-0.3, -0.25) is 0 Å². The fourth-order valence-electron chi connectivity index (χ4n) is 1.18. The molecule has 1 aromatic rings. The van der Waals surface area contributed by atoms with Gasteiger partial charge in [0, 0.05) is 0 Å². The number of hydrogen-bond acceptors (Lipinski definition) is 3. The molecule has 0 aromatic heterocycles. The summed E-state index contributed by atoms with van der Waals surface area (Å²) in [5.41, 5.74) is 6.58. The molecule has 0 bridgehead atoms. The van der Waals surface area contributed by atoms with Gasteiger partial charge >= 0.3 is 0 Å². The molecular weight excluding hydrogens is 178 g/mol. The number of ether oxygens (including phenoxy) is 1. The van der Waals surface area contributed by atoms with Crippen LogP contribution in [0.25, 0.3) is 0 Å². The van der Waals surface area contributed by atoms with Crippen LogP contribution in [0.5, 0.6) is 5.75 Å². The maximum atomic E-state index is 8.99. The van der Waals surface area contributed by atoms with Gasteiger partial charge in [0.15, 0.2) is 0 Å². The molecule has 0 aliphatic rings. The second-order valence-corrected chi connectivity index (χ2v) is 3.31. The minimum atomic E-state index is -0.192. The van der Waals surface area contributed by atoms with Crippen LogP contribution >= 0.6 is 0 Å². The molecule has 0 aliphatic carbocycles. The lowest BCUT2D eigenvalue weighted by Gasteiger charge is -2.15. The molecule has 78 valence electrons. The van der Waals surface area contributed by atoms with Crippen molar-refractivity contribution in [2.45, 2.75) is 19.4 Å². The van der Waals surface area contributed by atoms with E-state index < -0.39 is 0 Å². The van der Waals surface area contributed by atoms with Crippen LogP contribution in [-0.4, -0.2) is 24.4 Å². The lowest BCUT2D eigenvalue weighted by atomic mass is 10.2. The van der Waals surface area contributed by atoms with E-state index in [1.165, 1.54) is 5.56 Å². The van der Waals surface area contributed by atoms with Crippen LogP contribution in [0, 0.1) is 6.92 Å². The van der Waals surface area contributed by atoms with Gasteiger partial charge in [-0.05, 0) is 32.0 Å². The summed E-state index contributed by atoms with van der Waals surface area (Å²) >= 11 is 0. The summed E-state index contributed by atoms with van der Waals surface area (Å²) in [6.45, 7) is 2.55. The molecule has 3 nitrogen and oxygen atoms in total. The van der Waals surface area contributed by atoms with E-state index in [2.05, 4.69) is 0 Å². The first-order chi connectivity index (χ1) is 6.76. The molecule has 0 amide bonds. The zero-order chi connectivity index (χ0) is 10.4. The monoisotopic (exact) mass is 195 g/mol. The lowest BCUT2D eigenvalue weighted by Crippen LogP contribution is -2.24. The third-order valence-electron chi connectivity index (χ3n) is 2.02. The number of hydrogen-bond donors (Lipinski definition) is 2. The second-order valence-electron chi connectivity index (χ2n) is 3.31. The van der Waals surface area contributed by atoms with E-state index in [1.54, 1.807) is 0 Å². The van der Waals surface area contributed by atoms with Crippen molar-refractivity contribution in [3.05, 3.63) is 29.8 Å². The molecule has 0 fully saturated rings. The Hall–Kier alpha value is -1.06. The molecular formula is C11H17NO2. The van der Waals surface area contributed by atoms with Crippen LogP contribution in [0.15, 0.2) is 24.3 Å². The summed E-state index contributed by atoms with van der Waals surface area (Å²) in [4.78, 5) is 0. The van der Waals surface area contributed by atoms with Gasteiger partial charge in [-0.25, -0.2) is 0 Å². The van der Waals surface area contributed by atoms with Gasteiger partial charge < -0.3 is 15.6 Å². The van der Waals surface area contributed by atoms with Gasteiger partial charge in [-0.2, -0.15) is 0 Å². The Balaban J connectivity index is 2.53. The van der Waals surface area contributed by atoms with Crippen molar-refractivity contribution in [1.29, 1.82) is 0 Å². The predicted molar refractivity (Wildman–Crippen MR) is 56.4 cm³/mol. The molecule has 1 rings (SSSR count). The fraction of sp³-hybridized carbons (Fsp3) is 0.455. The van der Waals surface area contributed by atoms with Gasteiger partial charge in [0.05, 0.1) is 6.61 Å². The summed E-state index contributed by atoms with van der Waals surface area (Å²) in [5, 5.41) is 8.99. The molecule has 1 atom stereocenters. The number of aliphatic hydroxyl groups is 1. The molecule has 14 heavy (non-hydrogen) atoms. The number of aliphatic hydroxyl groups excluding tert-OH is 1. The molecule has 0 heterocycles. The average molecular weight is 195 g/mol. The van der Waals surface area contributed by atoms with Crippen molar-refractivity contribution in [1.82, 2.24) is 0 Å². The third-order valence-corrected chi connectivity index (χ3v) is 2.02. The minimum absolute atomic E-state index is 0.00504. The van der Waals surface area contributed by atoms with Crippen molar-refractivity contribution >= 4 is 0 Å². The normalized spacial score (nSPS) is 12.5. The molecule has 1 unspecified atom stereocenters. The van der Waals surface area contributed by atoms with E-state index in [1.807, 2.05) is 31.2 Å². The van der Waals surface area contributed by atoms with Crippen LogP contribution in [0.1, 0.15) is 12.0 Å². The van der Waals surface area contributed by atoms with Gasteiger partial charge in [-0.15, -0.1) is 0 Å². The standard InChI is InChI=1S/C11H17NO2/c1-9-2-4-10(5-3-9)14-11(8-13)6-7-12/h2-5,11,13H,6-8,12H2,1H3. The van der Waals surface area contributed by atoms with E-state index in [4.69, 9.17) is 15.6 Å². The van der Waals surface area contributed by atoms with Crippen molar-refractivity contribution in [2.24, 2.45) is 5.73 Å². The third kappa shape index (κ3) is 3.36. The Kier molecular flexibility index (Phi) is 4.43. The summed E-state index contributed by atoms with van der Waals surface area (Å²) in [6.07, 6.45) is 0.479. The molecule has 3 heteroatoms. The molecule has 0 saturated heterocycles. The second kappa shape index (κ2) is 5.62. The largest absolute Gasteiger partial charge is 0.488 e. The van der Waals surface area contributed by atoms with E-state index in [9.17, 15) is 0 Å². The first-order valence-corrected chi connectivity index (χ1v) is 4.80. The van der Waals surface area contributed by atoms with Crippen LogP contribution in [-0.2, 0) is 0 Å². The van der Waals surface area contributed by atoms with E-state index in [0.29, 0.717) is 13.0 Å².